The van der Waals surface area contributed by atoms with Crippen LogP contribution in [0, 0.1) is 17.2 Å². The lowest BCUT2D eigenvalue weighted by Gasteiger charge is -2.40. The molecule has 1 aliphatic heterocycles. The fraction of sp³-hybridized carbons (Fsp3) is 0.357. The molecule has 3 aromatic heterocycles. The van der Waals surface area contributed by atoms with Crippen molar-refractivity contribution in [2.75, 3.05) is 18.4 Å². The van der Waals surface area contributed by atoms with Crippen molar-refractivity contribution >= 4 is 23.4 Å². The summed E-state index contributed by atoms with van der Waals surface area (Å²) in [5, 5.41) is 21.5. The second kappa shape index (κ2) is 10.0. The lowest BCUT2D eigenvalue weighted by Crippen LogP contribution is -2.48. The molecule has 210 valence electrons. The maximum absolute atomic E-state index is 13.0. The van der Waals surface area contributed by atoms with Gasteiger partial charge in [-0.25, -0.2) is 4.52 Å². The Bertz CT molecular complexity index is 1660. The number of aromatic nitrogens is 5. The molecular formula is C28H25F3N8O2. The number of anilines is 1. The summed E-state index contributed by atoms with van der Waals surface area (Å²) in [6, 6.07) is 11.9. The maximum atomic E-state index is 13.0. The van der Waals surface area contributed by atoms with Gasteiger partial charge in [0, 0.05) is 36.3 Å². The van der Waals surface area contributed by atoms with Crippen LogP contribution in [0.15, 0.2) is 54.9 Å². The molecule has 2 fully saturated rings. The molecule has 0 atom stereocenters. The lowest BCUT2D eigenvalue weighted by atomic mass is 9.84. The van der Waals surface area contributed by atoms with Crippen LogP contribution in [0.2, 0.25) is 0 Å². The van der Waals surface area contributed by atoms with Gasteiger partial charge in [0.2, 0.25) is 11.9 Å². The predicted octanol–water partition coefficient (Wildman–Crippen LogP) is 4.51. The molecule has 4 aromatic rings. The van der Waals surface area contributed by atoms with Gasteiger partial charge in [0.25, 0.3) is 5.91 Å². The van der Waals surface area contributed by atoms with Crippen LogP contribution in [0.25, 0.3) is 16.9 Å². The number of hydrogen-bond acceptors (Lipinski definition) is 6. The molecule has 0 radical (unpaired) electrons. The summed E-state index contributed by atoms with van der Waals surface area (Å²) in [6.45, 7) is 0.638. The predicted molar refractivity (Wildman–Crippen MR) is 140 cm³/mol. The first-order valence-corrected chi connectivity index (χ1v) is 13.2. The number of likely N-dealkylation sites (tertiary alicyclic amines) is 1. The standard InChI is InChI=1S/C28H25F3N8O2/c29-28(30,31)21-8-6-19(7-9-21)25(41)37-14-11-27(10-13-32,12-15-37)38-17-20(16-33-38)22-2-1-3-23-34-26(36-39(22)23)35-24(40)18-4-5-18/h1-3,6-9,16-18H,4-5,10-12,14-15H2,(H,35,36,40). The van der Waals surface area contributed by atoms with Crippen molar-refractivity contribution in [2.24, 2.45) is 5.92 Å². The average Bonchev–Trinajstić information content (AvgIpc) is 3.55. The van der Waals surface area contributed by atoms with E-state index in [1.165, 1.54) is 12.1 Å². The van der Waals surface area contributed by atoms with Crippen LogP contribution in [-0.2, 0) is 16.5 Å². The number of nitrogens with zero attached hydrogens (tertiary/aromatic N) is 7. The molecule has 6 rings (SSSR count). The zero-order valence-electron chi connectivity index (χ0n) is 21.8. The van der Waals surface area contributed by atoms with Crippen molar-refractivity contribution in [3.63, 3.8) is 0 Å². The first-order valence-electron chi connectivity index (χ1n) is 13.2. The number of fused-ring (bicyclic) bond motifs is 1. The number of pyridine rings is 1. The summed E-state index contributed by atoms with van der Waals surface area (Å²) in [7, 11) is 0. The van der Waals surface area contributed by atoms with Crippen LogP contribution in [0.1, 0.15) is 48.0 Å². The quantitative estimate of drug-likeness (QED) is 0.369. The minimum Gasteiger partial charge on any atom is -0.338 e. The number of alkyl halides is 3. The molecule has 1 aromatic carbocycles. The Morgan fingerprint density at radius 2 is 1.83 bits per heavy atom. The van der Waals surface area contributed by atoms with E-state index in [2.05, 4.69) is 26.6 Å². The molecule has 2 aliphatic rings. The third-order valence-corrected chi connectivity index (χ3v) is 7.76. The molecule has 0 unspecified atom stereocenters. The summed E-state index contributed by atoms with van der Waals surface area (Å²) in [5.41, 5.74) is 0.708. The summed E-state index contributed by atoms with van der Waals surface area (Å²) < 4.78 is 42.1. The van der Waals surface area contributed by atoms with E-state index in [4.69, 9.17) is 0 Å². The Hall–Kier alpha value is -4.73. The maximum Gasteiger partial charge on any atom is 0.416 e. The zero-order chi connectivity index (χ0) is 28.8. The number of rotatable bonds is 6. The fourth-order valence-electron chi connectivity index (χ4n) is 5.19. The topological polar surface area (TPSA) is 121 Å². The van der Waals surface area contributed by atoms with Crippen molar-refractivity contribution in [3.05, 3.63) is 66.0 Å². The van der Waals surface area contributed by atoms with Crippen molar-refractivity contribution in [2.45, 2.75) is 43.8 Å². The Kier molecular flexibility index (Phi) is 6.48. The van der Waals surface area contributed by atoms with Gasteiger partial charge >= 0.3 is 6.18 Å². The van der Waals surface area contributed by atoms with E-state index in [0.29, 0.717) is 37.3 Å². The number of halogens is 3. The molecule has 0 spiro atoms. The van der Waals surface area contributed by atoms with Crippen LogP contribution in [0.3, 0.4) is 0 Å². The molecular weight excluding hydrogens is 537 g/mol. The Morgan fingerprint density at radius 3 is 2.49 bits per heavy atom. The molecule has 13 heteroatoms. The first-order chi connectivity index (χ1) is 19.7. The molecule has 2 amide bonds. The van der Waals surface area contributed by atoms with E-state index in [1.54, 1.807) is 26.4 Å². The largest absolute Gasteiger partial charge is 0.416 e. The molecule has 1 aliphatic carbocycles. The average molecular weight is 563 g/mol. The van der Waals surface area contributed by atoms with E-state index in [0.717, 1.165) is 30.5 Å². The Morgan fingerprint density at radius 1 is 1.10 bits per heavy atom. The van der Waals surface area contributed by atoms with Gasteiger partial charge in [0.1, 0.15) is 0 Å². The third-order valence-electron chi connectivity index (χ3n) is 7.76. The second-order valence-corrected chi connectivity index (χ2v) is 10.5. The number of nitrogens with one attached hydrogen (secondary N) is 1. The summed E-state index contributed by atoms with van der Waals surface area (Å²) in [6.07, 6.45) is 1.84. The molecule has 4 heterocycles. The van der Waals surface area contributed by atoms with Gasteiger partial charge in [-0.15, -0.1) is 5.10 Å². The molecule has 41 heavy (non-hydrogen) atoms. The van der Waals surface area contributed by atoms with Gasteiger partial charge in [-0.2, -0.15) is 28.5 Å². The van der Waals surface area contributed by atoms with E-state index < -0.39 is 17.3 Å². The van der Waals surface area contributed by atoms with E-state index in [9.17, 15) is 28.0 Å². The summed E-state index contributed by atoms with van der Waals surface area (Å²) in [5.74, 6) is -0.190. The van der Waals surface area contributed by atoms with Crippen molar-refractivity contribution in [1.82, 2.24) is 29.3 Å². The fourth-order valence-corrected chi connectivity index (χ4v) is 5.19. The van der Waals surface area contributed by atoms with Gasteiger partial charge in [-0.1, -0.05) is 6.07 Å². The first kappa shape index (κ1) is 26.5. The highest BCUT2D eigenvalue weighted by Gasteiger charge is 2.39. The smallest absolute Gasteiger partial charge is 0.338 e. The number of benzene rings is 1. The molecule has 1 N–H and O–H groups in total. The number of carbonyl (C=O) groups is 2. The van der Waals surface area contributed by atoms with E-state index in [-0.39, 0.29) is 35.7 Å². The highest BCUT2D eigenvalue weighted by Crippen LogP contribution is 2.36. The van der Waals surface area contributed by atoms with Crippen LogP contribution in [-0.4, -0.2) is 54.2 Å². The van der Waals surface area contributed by atoms with Gasteiger partial charge in [0.15, 0.2) is 5.65 Å². The highest BCUT2D eigenvalue weighted by molar-refractivity contribution is 5.94. The molecule has 10 nitrogen and oxygen atoms in total. The van der Waals surface area contributed by atoms with Crippen LogP contribution in [0.5, 0.6) is 0 Å². The monoisotopic (exact) mass is 562 g/mol. The van der Waals surface area contributed by atoms with Crippen LogP contribution < -0.4 is 5.32 Å². The Labute approximate surface area is 232 Å². The van der Waals surface area contributed by atoms with Gasteiger partial charge in [0.05, 0.1) is 35.5 Å². The molecule has 0 bridgehead atoms. The summed E-state index contributed by atoms with van der Waals surface area (Å²) >= 11 is 0. The van der Waals surface area contributed by atoms with Crippen LogP contribution >= 0.6 is 0 Å². The number of nitriles is 1. The molecule has 1 saturated heterocycles. The summed E-state index contributed by atoms with van der Waals surface area (Å²) in [4.78, 5) is 31.2. The van der Waals surface area contributed by atoms with Crippen LogP contribution in [0.4, 0.5) is 19.1 Å². The van der Waals surface area contributed by atoms with E-state index >= 15 is 0 Å². The SMILES string of the molecule is N#CCC1(n2cc(-c3cccc4nc(NC(=O)C5CC5)nn34)cn2)CCN(C(=O)c2ccc(C(F)(F)F)cc2)CC1. The number of hydrogen-bond donors (Lipinski definition) is 1. The van der Waals surface area contributed by atoms with Gasteiger partial charge in [-0.3, -0.25) is 19.6 Å². The normalized spacial score (nSPS) is 16.9. The highest BCUT2D eigenvalue weighted by atomic mass is 19.4. The van der Waals surface area contributed by atoms with Crippen molar-refractivity contribution in [3.8, 4) is 17.3 Å². The lowest BCUT2D eigenvalue weighted by molar-refractivity contribution is -0.137. The number of carbonyl (C=O) groups excluding carboxylic acids is 2. The van der Waals surface area contributed by atoms with Gasteiger partial charge in [-0.05, 0) is 62.1 Å². The number of piperidine rings is 1. The number of amides is 2. The third kappa shape index (κ3) is 5.13. The zero-order valence-corrected chi connectivity index (χ0v) is 21.8. The van der Waals surface area contributed by atoms with Gasteiger partial charge < -0.3 is 4.90 Å². The second-order valence-electron chi connectivity index (χ2n) is 10.5. The van der Waals surface area contributed by atoms with Crippen molar-refractivity contribution in [1.29, 1.82) is 5.26 Å². The van der Waals surface area contributed by atoms with Crippen molar-refractivity contribution < 1.29 is 22.8 Å². The molecule has 1 saturated carbocycles. The minimum absolute atomic E-state index is 0.0206. The Balaban J connectivity index is 1.20. The van der Waals surface area contributed by atoms with E-state index in [1.807, 2.05) is 18.3 Å². The minimum atomic E-state index is -4.47.